The Hall–Kier alpha value is -0.940. The maximum absolute atomic E-state index is 13.5. The van der Waals surface area contributed by atoms with Crippen LogP contribution in [0.5, 0.6) is 0 Å². The topological polar surface area (TPSA) is 41.1 Å². The Morgan fingerprint density at radius 3 is 2.76 bits per heavy atom. The van der Waals surface area contributed by atoms with Crippen molar-refractivity contribution in [3.8, 4) is 0 Å². The van der Waals surface area contributed by atoms with E-state index in [2.05, 4.69) is 26.6 Å². The van der Waals surface area contributed by atoms with Gasteiger partial charge in [-0.1, -0.05) is 22.9 Å². The van der Waals surface area contributed by atoms with Gasteiger partial charge in [0.2, 0.25) is 0 Å². The molecule has 1 unspecified atom stereocenters. The van der Waals surface area contributed by atoms with Crippen molar-refractivity contribution in [3.05, 3.63) is 34.1 Å². The van der Waals surface area contributed by atoms with E-state index in [1.165, 1.54) is 12.1 Å². The molecule has 0 aliphatic heterocycles. The molecule has 17 heavy (non-hydrogen) atoms. The molecule has 5 heteroatoms. The summed E-state index contributed by atoms with van der Waals surface area (Å²) in [4.78, 5) is 11.7. The predicted molar refractivity (Wildman–Crippen MR) is 69.5 cm³/mol. The predicted octanol–water partition coefficient (Wildman–Crippen LogP) is 2.17. The van der Waals surface area contributed by atoms with Crippen LogP contribution < -0.4 is 10.6 Å². The number of nitrogens with one attached hydrogen (secondary N) is 2. The standard InChI is InChI=1S/C12H16BrFN2O/c1-8(6-15-2)7-16-12(17)10-4-3-9(13)5-11(10)14/h3-5,8,15H,6-7H2,1-2H3,(H,16,17). The van der Waals surface area contributed by atoms with Crippen LogP contribution in [0.4, 0.5) is 4.39 Å². The summed E-state index contributed by atoms with van der Waals surface area (Å²) in [5.74, 6) is -0.585. The quantitative estimate of drug-likeness (QED) is 0.875. The van der Waals surface area contributed by atoms with Crippen molar-refractivity contribution in [2.75, 3.05) is 20.1 Å². The van der Waals surface area contributed by atoms with Crippen LogP contribution in [0.25, 0.3) is 0 Å². The van der Waals surface area contributed by atoms with E-state index in [4.69, 9.17) is 0 Å². The van der Waals surface area contributed by atoms with Crippen LogP contribution >= 0.6 is 15.9 Å². The molecule has 0 aliphatic carbocycles. The molecule has 0 radical (unpaired) electrons. The molecule has 2 N–H and O–H groups in total. The first kappa shape index (κ1) is 14.1. The molecular weight excluding hydrogens is 287 g/mol. The van der Waals surface area contributed by atoms with Crippen LogP contribution in [0.3, 0.4) is 0 Å². The van der Waals surface area contributed by atoms with E-state index in [0.717, 1.165) is 6.54 Å². The van der Waals surface area contributed by atoms with Crippen LogP contribution in [-0.2, 0) is 0 Å². The summed E-state index contributed by atoms with van der Waals surface area (Å²) in [6.45, 7) is 3.34. The Morgan fingerprint density at radius 1 is 1.47 bits per heavy atom. The Morgan fingerprint density at radius 2 is 2.18 bits per heavy atom. The minimum Gasteiger partial charge on any atom is -0.352 e. The summed E-state index contributed by atoms with van der Waals surface area (Å²) in [5, 5.41) is 5.73. The minimum atomic E-state index is -0.516. The second-order valence-corrected chi connectivity index (χ2v) is 4.91. The van der Waals surface area contributed by atoms with Crippen molar-refractivity contribution in [2.45, 2.75) is 6.92 Å². The van der Waals surface area contributed by atoms with Crippen molar-refractivity contribution in [2.24, 2.45) is 5.92 Å². The highest BCUT2D eigenvalue weighted by atomic mass is 79.9. The van der Waals surface area contributed by atoms with Gasteiger partial charge in [0.05, 0.1) is 5.56 Å². The number of hydrogen-bond acceptors (Lipinski definition) is 2. The van der Waals surface area contributed by atoms with Gasteiger partial charge in [-0.05, 0) is 37.7 Å². The van der Waals surface area contributed by atoms with E-state index in [-0.39, 0.29) is 11.5 Å². The van der Waals surface area contributed by atoms with Gasteiger partial charge in [-0.25, -0.2) is 4.39 Å². The first-order chi connectivity index (χ1) is 8.04. The molecule has 1 rings (SSSR count). The summed E-state index contributed by atoms with van der Waals surface area (Å²) in [7, 11) is 1.85. The van der Waals surface area contributed by atoms with Crippen molar-refractivity contribution in [3.63, 3.8) is 0 Å². The zero-order valence-corrected chi connectivity index (χ0v) is 11.5. The molecule has 0 aromatic heterocycles. The van der Waals surface area contributed by atoms with Crippen molar-refractivity contribution >= 4 is 21.8 Å². The third-order valence-electron chi connectivity index (χ3n) is 2.34. The van der Waals surface area contributed by atoms with Gasteiger partial charge < -0.3 is 10.6 Å². The summed E-state index contributed by atoms with van der Waals surface area (Å²) < 4.78 is 14.1. The molecular formula is C12H16BrFN2O. The highest BCUT2D eigenvalue weighted by Crippen LogP contribution is 2.15. The van der Waals surface area contributed by atoms with Gasteiger partial charge in [0, 0.05) is 11.0 Å². The second-order valence-electron chi connectivity index (χ2n) is 4.00. The third-order valence-corrected chi connectivity index (χ3v) is 2.83. The molecule has 0 saturated heterocycles. The first-order valence-electron chi connectivity index (χ1n) is 5.42. The fraction of sp³-hybridized carbons (Fsp3) is 0.417. The second kappa shape index (κ2) is 6.71. The number of carbonyl (C=O) groups is 1. The lowest BCUT2D eigenvalue weighted by atomic mass is 10.1. The van der Waals surface area contributed by atoms with E-state index in [1.807, 2.05) is 14.0 Å². The number of halogens is 2. The number of carbonyl (C=O) groups excluding carboxylic acids is 1. The SMILES string of the molecule is CNCC(C)CNC(=O)c1ccc(Br)cc1F. The lowest BCUT2D eigenvalue weighted by Gasteiger charge is -2.12. The summed E-state index contributed by atoms with van der Waals surface area (Å²) in [6, 6.07) is 4.40. The van der Waals surface area contributed by atoms with Gasteiger partial charge >= 0.3 is 0 Å². The molecule has 1 atom stereocenters. The van der Waals surface area contributed by atoms with Gasteiger partial charge in [0.15, 0.2) is 0 Å². The molecule has 1 amide bonds. The highest BCUT2D eigenvalue weighted by Gasteiger charge is 2.12. The third kappa shape index (κ3) is 4.44. The van der Waals surface area contributed by atoms with Gasteiger partial charge in [-0.3, -0.25) is 4.79 Å². The van der Waals surface area contributed by atoms with Gasteiger partial charge in [0.1, 0.15) is 5.82 Å². The summed E-state index contributed by atoms with van der Waals surface area (Å²) in [5.41, 5.74) is 0.0739. The minimum absolute atomic E-state index is 0.0739. The molecule has 0 aliphatic rings. The van der Waals surface area contributed by atoms with E-state index in [9.17, 15) is 9.18 Å². The van der Waals surface area contributed by atoms with Crippen molar-refractivity contribution in [1.29, 1.82) is 0 Å². The van der Waals surface area contributed by atoms with Gasteiger partial charge in [0.25, 0.3) is 5.91 Å². The monoisotopic (exact) mass is 302 g/mol. The zero-order chi connectivity index (χ0) is 12.8. The molecule has 0 heterocycles. The van der Waals surface area contributed by atoms with Crippen LogP contribution in [-0.4, -0.2) is 26.0 Å². The fourth-order valence-corrected chi connectivity index (χ4v) is 1.79. The van der Waals surface area contributed by atoms with Crippen molar-refractivity contribution in [1.82, 2.24) is 10.6 Å². The molecule has 0 bridgehead atoms. The Balaban J connectivity index is 2.58. The Labute approximate surface area is 109 Å². The summed E-state index contributed by atoms with van der Waals surface area (Å²) >= 11 is 3.15. The lowest BCUT2D eigenvalue weighted by Crippen LogP contribution is -2.32. The highest BCUT2D eigenvalue weighted by molar-refractivity contribution is 9.10. The van der Waals surface area contributed by atoms with E-state index in [1.54, 1.807) is 6.07 Å². The number of hydrogen-bond donors (Lipinski definition) is 2. The smallest absolute Gasteiger partial charge is 0.254 e. The summed E-state index contributed by atoms with van der Waals surface area (Å²) in [6.07, 6.45) is 0. The molecule has 1 aromatic carbocycles. The average Bonchev–Trinajstić information content (AvgIpc) is 2.26. The Bertz CT molecular complexity index is 398. The van der Waals surface area contributed by atoms with Crippen LogP contribution in [0.2, 0.25) is 0 Å². The molecule has 0 saturated carbocycles. The molecule has 0 fully saturated rings. The van der Waals surface area contributed by atoms with E-state index < -0.39 is 5.82 Å². The van der Waals surface area contributed by atoms with Crippen LogP contribution in [0, 0.1) is 11.7 Å². The molecule has 94 valence electrons. The average molecular weight is 303 g/mol. The lowest BCUT2D eigenvalue weighted by molar-refractivity contribution is 0.0944. The zero-order valence-electron chi connectivity index (χ0n) is 9.89. The normalized spacial score (nSPS) is 12.2. The fourth-order valence-electron chi connectivity index (χ4n) is 1.46. The van der Waals surface area contributed by atoms with E-state index >= 15 is 0 Å². The largest absolute Gasteiger partial charge is 0.352 e. The van der Waals surface area contributed by atoms with Crippen LogP contribution in [0.15, 0.2) is 22.7 Å². The maximum Gasteiger partial charge on any atom is 0.254 e. The maximum atomic E-state index is 13.5. The molecule has 1 aromatic rings. The van der Waals surface area contributed by atoms with Gasteiger partial charge in [-0.2, -0.15) is 0 Å². The Kier molecular flexibility index (Phi) is 5.58. The number of amides is 1. The molecule has 3 nitrogen and oxygen atoms in total. The van der Waals surface area contributed by atoms with Crippen molar-refractivity contribution < 1.29 is 9.18 Å². The number of rotatable bonds is 5. The van der Waals surface area contributed by atoms with Crippen LogP contribution in [0.1, 0.15) is 17.3 Å². The first-order valence-corrected chi connectivity index (χ1v) is 6.21. The molecule has 0 spiro atoms. The van der Waals surface area contributed by atoms with Gasteiger partial charge in [-0.15, -0.1) is 0 Å². The van der Waals surface area contributed by atoms with E-state index in [0.29, 0.717) is 16.9 Å². The number of benzene rings is 1.